The molecular weight excluding hydrogens is 473 g/mol. The fourth-order valence-electron chi connectivity index (χ4n) is 3.05. The number of rotatable bonds is 9. The predicted octanol–water partition coefficient (Wildman–Crippen LogP) is 6.53. The molecule has 168 valence electrons. The van der Waals surface area contributed by atoms with Gasteiger partial charge in [0.15, 0.2) is 5.11 Å². The summed E-state index contributed by atoms with van der Waals surface area (Å²) in [5, 5.41) is 8.88. The largest absolute Gasteiger partial charge is 0.339 e. The highest BCUT2D eigenvalue weighted by molar-refractivity contribution is 7.80. The van der Waals surface area contributed by atoms with Crippen molar-refractivity contribution in [3.05, 3.63) is 65.2 Å². The van der Waals surface area contributed by atoms with Gasteiger partial charge in [0.2, 0.25) is 3.79 Å². The normalized spacial score (nSPS) is 12.2. The molecule has 0 fully saturated rings. The van der Waals surface area contributed by atoms with Gasteiger partial charge in [0.05, 0.1) is 0 Å². The lowest BCUT2D eigenvalue weighted by atomic mass is 10.1. The Kier molecular flexibility index (Phi) is 10.4. The first kappa shape index (κ1) is 25.7. The lowest BCUT2D eigenvalue weighted by Gasteiger charge is -2.28. The third-order valence-corrected chi connectivity index (χ3v) is 5.67. The van der Waals surface area contributed by atoms with Crippen molar-refractivity contribution in [3.63, 3.8) is 0 Å². The fourth-order valence-corrected chi connectivity index (χ4v) is 3.61. The van der Waals surface area contributed by atoms with Gasteiger partial charge in [-0.1, -0.05) is 91.3 Å². The van der Waals surface area contributed by atoms with E-state index in [0.29, 0.717) is 5.56 Å². The summed E-state index contributed by atoms with van der Waals surface area (Å²) >= 11 is 23.6. The number of hydrogen-bond acceptors (Lipinski definition) is 2. The fraction of sp³-hybridized carbons (Fsp3) is 0.391. The summed E-state index contributed by atoms with van der Waals surface area (Å²) in [5.74, 6) is -0.364. The van der Waals surface area contributed by atoms with Crippen LogP contribution >= 0.6 is 47.0 Å². The zero-order valence-electron chi connectivity index (χ0n) is 17.7. The summed E-state index contributed by atoms with van der Waals surface area (Å²) in [4.78, 5) is 12.6. The number of amides is 1. The van der Waals surface area contributed by atoms with Gasteiger partial charge in [-0.15, -0.1) is 0 Å². The number of aryl methyl sites for hydroxylation is 2. The lowest BCUT2D eigenvalue weighted by molar-refractivity contribution is 0.0934. The van der Waals surface area contributed by atoms with E-state index in [0.717, 1.165) is 17.7 Å². The van der Waals surface area contributed by atoms with Crippen LogP contribution in [0.5, 0.6) is 0 Å². The number of carbonyl (C=O) groups is 1. The zero-order valence-corrected chi connectivity index (χ0v) is 20.8. The Hall–Kier alpha value is -1.53. The predicted molar refractivity (Wildman–Crippen MR) is 136 cm³/mol. The summed E-state index contributed by atoms with van der Waals surface area (Å²) in [7, 11) is 0. The van der Waals surface area contributed by atoms with E-state index < -0.39 is 9.96 Å². The van der Waals surface area contributed by atoms with Crippen LogP contribution in [0.25, 0.3) is 0 Å². The molecule has 0 aliphatic heterocycles. The number of carbonyl (C=O) groups excluding carboxylic acids is 1. The summed E-state index contributed by atoms with van der Waals surface area (Å²) in [6.07, 6.45) is 4.97. The van der Waals surface area contributed by atoms with Crippen LogP contribution in [0, 0.1) is 6.92 Å². The van der Waals surface area contributed by atoms with Crippen molar-refractivity contribution < 1.29 is 4.79 Å². The minimum Gasteiger partial charge on any atom is -0.339 e. The third kappa shape index (κ3) is 8.85. The topological polar surface area (TPSA) is 53.2 Å². The van der Waals surface area contributed by atoms with E-state index in [9.17, 15) is 4.79 Å². The van der Waals surface area contributed by atoms with Crippen molar-refractivity contribution in [2.75, 3.05) is 5.32 Å². The quantitative estimate of drug-likeness (QED) is 0.158. The molecule has 0 aliphatic rings. The second-order valence-corrected chi connectivity index (χ2v) is 10.1. The molecule has 0 aromatic heterocycles. The number of alkyl halides is 3. The van der Waals surface area contributed by atoms with E-state index >= 15 is 0 Å². The molecule has 8 heteroatoms. The minimum atomic E-state index is -1.81. The van der Waals surface area contributed by atoms with Crippen molar-refractivity contribution in [3.8, 4) is 0 Å². The molecule has 0 heterocycles. The molecule has 1 unspecified atom stereocenters. The van der Waals surface area contributed by atoms with Crippen LogP contribution < -0.4 is 16.0 Å². The Labute approximate surface area is 205 Å². The van der Waals surface area contributed by atoms with Gasteiger partial charge in [0, 0.05) is 11.3 Å². The van der Waals surface area contributed by atoms with E-state index in [1.807, 2.05) is 31.2 Å². The van der Waals surface area contributed by atoms with E-state index in [4.69, 9.17) is 47.0 Å². The second kappa shape index (κ2) is 12.5. The molecule has 0 saturated heterocycles. The number of unbranched alkanes of at least 4 members (excludes halogenated alkanes) is 3. The van der Waals surface area contributed by atoms with Crippen LogP contribution in [-0.2, 0) is 6.42 Å². The standard InChI is InChI=1S/C23H28Cl3N3OS/c1-3-4-5-6-10-17-12-14-18(15-13-17)27-22(31)29-21(23(24,25)26)28-20(30)19-11-8-7-9-16(19)2/h7-9,11-15,21H,3-6,10H2,1-2H3,(H,28,30)(H2,27,29,31). The first-order valence-corrected chi connectivity index (χ1v) is 11.8. The molecule has 2 rings (SSSR count). The molecule has 31 heavy (non-hydrogen) atoms. The number of hydrogen-bond donors (Lipinski definition) is 3. The van der Waals surface area contributed by atoms with Gasteiger partial charge in [-0.3, -0.25) is 4.79 Å². The highest BCUT2D eigenvalue weighted by Gasteiger charge is 2.35. The van der Waals surface area contributed by atoms with Gasteiger partial charge in [0.25, 0.3) is 5.91 Å². The van der Waals surface area contributed by atoms with E-state index in [1.54, 1.807) is 12.1 Å². The van der Waals surface area contributed by atoms with Gasteiger partial charge < -0.3 is 16.0 Å². The SMILES string of the molecule is CCCCCCc1ccc(NC(=S)NC(NC(=O)c2ccccc2C)C(Cl)(Cl)Cl)cc1. The summed E-state index contributed by atoms with van der Waals surface area (Å²) in [6, 6.07) is 15.2. The Bertz CT molecular complexity index is 869. The second-order valence-electron chi connectivity index (χ2n) is 7.37. The molecule has 2 aromatic rings. The molecular formula is C23H28Cl3N3OS. The molecule has 0 aliphatic carbocycles. The maximum atomic E-state index is 12.6. The Morgan fingerprint density at radius 2 is 1.68 bits per heavy atom. The molecule has 0 spiro atoms. The van der Waals surface area contributed by atoms with Crippen LogP contribution in [0.1, 0.15) is 54.1 Å². The first-order valence-electron chi connectivity index (χ1n) is 10.3. The first-order chi connectivity index (χ1) is 14.7. The van der Waals surface area contributed by atoms with Gasteiger partial charge in [0.1, 0.15) is 6.17 Å². The monoisotopic (exact) mass is 499 g/mol. The molecule has 1 atom stereocenters. The maximum absolute atomic E-state index is 12.6. The third-order valence-electron chi connectivity index (χ3n) is 4.80. The van der Waals surface area contributed by atoms with Gasteiger partial charge in [-0.05, 0) is 61.3 Å². The number of benzene rings is 2. The average molecular weight is 501 g/mol. The number of anilines is 1. The van der Waals surface area contributed by atoms with Crippen LogP contribution in [0.3, 0.4) is 0 Å². The molecule has 3 N–H and O–H groups in total. The van der Waals surface area contributed by atoms with Crippen LogP contribution in [-0.4, -0.2) is 21.0 Å². The minimum absolute atomic E-state index is 0.233. The van der Waals surface area contributed by atoms with Crippen molar-refractivity contribution in [1.82, 2.24) is 10.6 Å². The molecule has 0 saturated carbocycles. The number of halogens is 3. The smallest absolute Gasteiger partial charge is 0.253 e. The Morgan fingerprint density at radius 1 is 1.00 bits per heavy atom. The van der Waals surface area contributed by atoms with Crippen LogP contribution in [0.4, 0.5) is 5.69 Å². The van der Waals surface area contributed by atoms with E-state index in [2.05, 4.69) is 35.0 Å². The Morgan fingerprint density at radius 3 is 2.29 bits per heavy atom. The van der Waals surface area contributed by atoms with Gasteiger partial charge in [-0.25, -0.2) is 0 Å². The van der Waals surface area contributed by atoms with Crippen LogP contribution in [0.2, 0.25) is 0 Å². The summed E-state index contributed by atoms with van der Waals surface area (Å²) < 4.78 is -1.81. The molecule has 0 bridgehead atoms. The number of nitrogens with one attached hydrogen (secondary N) is 3. The molecule has 4 nitrogen and oxygen atoms in total. The van der Waals surface area contributed by atoms with E-state index in [1.165, 1.54) is 31.2 Å². The molecule has 2 aromatic carbocycles. The average Bonchev–Trinajstić information content (AvgIpc) is 2.71. The molecule has 0 radical (unpaired) electrons. The lowest BCUT2D eigenvalue weighted by Crippen LogP contribution is -2.56. The van der Waals surface area contributed by atoms with Crippen molar-refractivity contribution in [1.29, 1.82) is 0 Å². The van der Waals surface area contributed by atoms with Gasteiger partial charge in [-0.2, -0.15) is 0 Å². The summed E-state index contributed by atoms with van der Waals surface area (Å²) in [6.45, 7) is 4.05. The maximum Gasteiger partial charge on any atom is 0.253 e. The van der Waals surface area contributed by atoms with Crippen molar-refractivity contribution >= 4 is 63.7 Å². The van der Waals surface area contributed by atoms with Gasteiger partial charge >= 0.3 is 0 Å². The Balaban J connectivity index is 1.95. The summed E-state index contributed by atoms with van der Waals surface area (Å²) in [5.41, 5.74) is 3.41. The zero-order chi connectivity index (χ0) is 22.9. The van der Waals surface area contributed by atoms with E-state index in [-0.39, 0.29) is 11.0 Å². The number of thiocarbonyl (C=S) groups is 1. The van der Waals surface area contributed by atoms with Crippen molar-refractivity contribution in [2.24, 2.45) is 0 Å². The highest BCUT2D eigenvalue weighted by atomic mass is 35.6. The van der Waals surface area contributed by atoms with Crippen LogP contribution in [0.15, 0.2) is 48.5 Å². The molecule has 1 amide bonds. The van der Waals surface area contributed by atoms with Crippen molar-refractivity contribution in [2.45, 2.75) is 55.9 Å². The highest BCUT2D eigenvalue weighted by Crippen LogP contribution is 2.29.